The van der Waals surface area contributed by atoms with Gasteiger partial charge in [0.2, 0.25) is 0 Å². The van der Waals surface area contributed by atoms with Crippen LogP contribution in [-0.4, -0.2) is 28.6 Å². The number of likely N-dealkylation sites (N-methyl/N-ethyl adjacent to an activating group) is 1. The Kier molecular flexibility index (Phi) is 5.01. The molecule has 2 N–H and O–H groups in total. The molecule has 0 radical (unpaired) electrons. The molecule has 156 valence electrons. The lowest BCUT2D eigenvalue weighted by atomic mass is 9.84. The lowest BCUT2D eigenvalue weighted by molar-refractivity contribution is 0.295. The van der Waals surface area contributed by atoms with Crippen LogP contribution in [0.4, 0.5) is 0 Å². The van der Waals surface area contributed by atoms with Crippen LogP contribution >= 0.6 is 23.2 Å². The monoisotopic (exact) mass is 450 g/mol. The van der Waals surface area contributed by atoms with Crippen LogP contribution in [0.3, 0.4) is 0 Å². The summed E-state index contributed by atoms with van der Waals surface area (Å²) in [6, 6.07) is 19.4. The Morgan fingerprint density at radius 1 is 1.06 bits per heavy atom. The number of aromatic hydroxyl groups is 1. The van der Waals surface area contributed by atoms with Gasteiger partial charge in [0.1, 0.15) is 5.75 Å². The minimum Gasteiger partial charge on any atom is -0.506 e. The SMILES string of the molecule is CN1Cc2ccccc2C(c2cccc(-c3c(O)c4c(Cl)cc(Cl)cc4[nH]c3=O)c2)C1. The van der Waals surface area contributed by atoms with E-state index in [0.29, 0.717) is 21.5 Å². The highest BCUT2D eigenvalue weighted by molar-refractivity contribution is 6.39. The summed E-state index contributed by atoms with van der Waals surface area (Å²) in [7, 11) is 2.11. The fourth-order valence-electron chi connectivity index (χ4n) is 4.58. The molecule has 0 saturated heterocycles. The number of hydrogen-bond acceptors (Lipinski definition) is 3. The molecule has 0 amide bonds. The fraction of sp³-hybridized carbons (Fsp3) is 0.160. The van der Waals surface area contributed by atoms with Crippen molar-refractivity contribution in [3.05, 3.63) is 97.8 Å². The van der Waals surface area contributed by atoms with Crippen molar-refractivity contribution in [1.29, 1.82) is 0 Å². The topological polar surface area (TPSA) is 56.3 Å². The van der Waals surface area contributed by atoms with Crippen molar-refractivity contribution in [3.8, 4) is 16.9 Å². The van der Waals surface area contributed by atoms with E-state index in [4.69, 9.17) is 23.2 Å². The molecule has 4 nitrogen and oxygen atoms in total. The summed E-state index contributed by atoms with van der Waals surface area (Å²) in [6.07, 6.45) is 0. The van der Waals surface area contributed by atoms with E-state index in [1.165, 1.54) is 11.1 Å². The van der Waals surface area contributed by atoms with Crippen LogP contribution in [-0.2, 0) is 6.54 Å². The summed E-state index contributed by atoms with van der Waals surface area (Å²) in [5.74, 6) is 0.0395. The Bertz CT molecular complexity index is 1380. The zero-order chi connectivity index (χ0) is 21.7. The van der Waals surface area contributed by atoms with Crippen molar-refractivity contribution in [2.24, 2.45) is 0 Å². The number of aromatic amines is 1. The molecular weight excluding hydrogens is 431 g/mol. The third kappa shape index (κ3) is 3.51. The maximum atomic E-state index is 12.9. The van der Waals surface area contributed by atoms with E-state index in [1.54, 1.807) is 12.1 Å². The van der Waals surface area contributed by atoms with E-state index in [-0.39, 0.29) is 27.8 Å². The first-order valence-electron chi connectivity index (χ1n) is 10.0. The molecule has 3 aromatic carbocycles. The molecule has 1 unspecified atom stereocenters. The highest BCUT2D eigenvalue weighted by atomic mass is 35.5. The van der Waals surface area contributed by atoms with E-state index in [2.05, 4.69) is 47.3 Å². The molecule has 31 heavy (non-hydrogen) atoms. The van der Waals surface area contributed by atoms with Gasteiger partial charge in [-0.1, -0.05) is 71.7 Å². The molecule has 1 aliphatic rings. The van der Waals surface area contributed by atoms with Gasteiger partial charge in [-0.2, -0.15) is 0 Å². The number of rotatable bonds is 2. The number of halogens is 2. The minimum atomic E-state index is -0.387. The Morgan fingerprint density at radius 3 is 2.71 bits per heavy atom. The van der Waals surface area contributed by atoms with Crippen molar-refractivity contribution in [2.75, 3.05) is 13.6 Å². The number of H-pyrrole nitrogens is 1. The van der Waals surface area contributed by atoms with Crippen LogP contribution < -0.4 is 5.56 Å². The van der Waals surface area contributed by atoms with Gasteiger partial charge in [-0.3, -0.25) is 4.79 Å². The molecule has 6 heteroatoms. The van der Waals surface area contributed by atoms with Gasteiger partial charge in [0, 0.05) is 24.0 Å². The lowest BCUT2D eigenvalue weighted by Gasteiger charge is -2.32. The van der Waals surface area contributed by atoms with Gasteiger partial charge in [-0.15, -0.1) is 0 Å². The van der Waals surface area contributed by atoms with Crippen LogP contribution in [0.25, 0.3) is 22.0 Å². The number of hydrogen-bond donors (Lipinski definition) is 2. The standard InChI is InChI=1S/C25H20Cl2N2O2/c1-29-12-16-5-2-3-8-18(16)19(13-29)14-6-4-7-15(9-14)22-24(30)23-20(27)10-17(26)11-21(23)28-25(22)31/h2-11,19H,12-13H2,1H3,(H2,28,30,31). The summed E-state index contributed by atoms with van der Waals surface area (Å²) < 4.78 is 0. The normalized spacial score (nSPS) is 16.4. The Morgan fingerprint density at radius 2 is 1.87 bits per heavy atom. The molecule has 0 aliphatic carbocycles. The molecule has 1 aliphatic heterocycles. The second-order valence-corrected chi connectivity index (χ2v) is 8.91. The predicted molar refractivity (Wildman–Crippen MR) is 126 cm³/mol. The van der Waals surface area contributed by atoms with Crippen molar-refractivity contribution >= 4 is 34.1 Å². The third-order valence-electron chi connectivity index (χ3n) is 5.95. The summed E-state index contributed by atoms with van der Waals surface area (Å²) in [4.78, 5) is 18.0. The highest BCUT2D eigenvalue weighted by Crippen LogP contribution is 2.39. The van der Waals surface area contributed by atoms with Crippen LogP contribution in [0.1, 0.15) is 22.6 Å². The number of pyridine rings is 1. The Balaban J connectivity index is 1.67. The zero-order valence-corrected chi connectivity index (χ0v) is 18.3. The molecule has 5 rings (SSSR count). The van der Waals surface area contributed by atoms with Crippen LogP contribution in [0, 0.1) is 0 Å². The maximum Gasteiger partial charge on any atom is 0.260 e. The van der Waals surface area contributed by atoms with Gasteiger partial charge in [-0.05, 0) is 41.4 Å². The molecule has 2 heterocycles. The molecule has 0 saturated carbocycles. The first-order valence-corrected chi connectivity index (χ1v) is 10.8. The first kappa shape index (κ1) is 20.1. The quantitative estimate of drug-likeness (QED) is 0.406. The average molecular weight is 451 g/mol. The number of aromatic nitrogens is 1. The molecular formula is C25H20Cl2N2O2. The molecule has 0 spiro atoms. The van der Waals surface area contributed by atoms with Gasteiger partial charge >= 0.3 is 0 Å². The van der Waals surface area contributed by atoms with Gasteiger partial charge in [0.25, 0.3) is 5.56 Å². The largest absolute Gasteiger partial charge is 0.506 e. The van der Waals surface area contributed by atoms with Crippen LogP contribution in [0.15, 0.2) is 65.5 Å². The number of nitrogens with zero attached hydrogens (tertiary/aromatic N) is 1. The van der Waals surface area contributed by atoms with Crippen molar-refractivity contribution < 1.29 is 5.11 Å². The van der Waals surface area contributed by atoms with Gasteiger partial charge in [0.15, 0.2) is 0 Å². The smallest absolute Gasteiger partial charge is 0.260 e. The van der Waals surface area contributed by atoms with E-state index < -0.39 is 0 Å². The van der Waals surface area contributed by atoms with E-state index >= 15 is 0 Å². The van der Waals surface area contributed by atoms with Gasteiger partial charge in [0.05, 0.1) is 21.5 Å². The molecule has 4 aromatic rings. The van der Waals surface area contributed by atoms with Gasteiger partial charge < -0.3 is 15.0 Å². The highest BCUT2D eigenvalue weighted by Gasteiger charge is 2.25. The number of fused-ring (bicyclic) bond motifs is 2. The molecule has 0 fully saturated rings. The summed E-state index contributed by atoms with van der Waals surface area (Å²) >= 11 is 12.4. The van der Waals surface area contributed by atoms with E-state index in [9.17, 15) is 9.90 Å². The lowest BCUT2D eigenvalue weighted by Crippen LogP contribution is -2.30. The second-order valence-electron chi connectivity index (χ2n) is 8.06. The zero-order valence-electron chi connectivity index (χ0n) is 16.8. The Labute approximate surface area is 189 Å². The molecule has 0 bridgehead atoms. The number of benzene rings is 3. The fourth-order valence-corrected chi connectivity index (χ4v) is 5.16. The average Bonchev–Trinajstić information content (AvgIpc) is 2.72. The predicted octanol–water partition coefficient (Wildman–Crippen LogP) is 5.78. The summed E-state index contributed by atoms with van der Waals surface area (Å²) in [5.41, 5.74) is 4.57. The maximum absolute atomic E-state index is 12.9. The van der Waals surface area contributed by atoms with Crippen molar-refractivity contribution in [1.82, 2.24) is 9.88 Å². The third-order valence-corrected chi connectivity index (χ3v) is 6.46. The summed E-state index contributed by atoms with van der Waals surface area (Å²) in [5, 5.41) is 12.1. The van der Waals surface area contributed by atoms with Crippen molar-refractivity contribution in [2.45, 2.75) is 12.5 Å². The van der Waals surface area contributed by atoms with E-state index in [1.807, 2.05) is 18.2 Å². The second kappa shape index (κ2) is 7.72. The van der Waals surface area contributed by atoms with Gasteiger partial charge in [-0.25, -0.2) is 0 Å². The number of nitrogens with one attached hydrogen (secondary N) is 1. The minimum absolute atomic E-state index is 0.140. The molecule has 1 aromatic heterocycles. The summed E-state index contributed by atoms with van der Waals surface area (Å²) in [6.45, 7) is 1.80. The van der Waals surface area contributed by atoms with Crippen molar-refractivity contribution in [3.63, 3.8) is 0 Å². The van der Waals surface area contributed by atoms with Crippen LogP contribution in [0.5, 0.6) is 5.75 Å². The Hall–Kier alpha value is -2.79. The van der Waals surface area contributed by atoms with Crippen LogP contribution in [0.2, 0.25) is 10.0 Å². The first-order chi connectivity index (χ1) is 14.9. The van der Waals surface area contributed by atoms with E-state index in [0.717, 1.165) is 18.7 Å². The molecule has 1 atom stereocenters.